The molecule has 0 spiro atoms. The van der Waals surface area contributed by atoms with Gasteiger partial charge in [-0.15, -0.1) is 5.10 Å². The first-order valence-electron chi connectivity index (χ1n) is 13.4. The SMILES string of the molecule is CC(C)c1[nH]nc(O[C@@H]2O[C@H](CO)[C@@H](O)[C@H](O)[C@H]2O)c1Cc1ccc(OCCCNC(=O)NC(C)(C)CO)cc1. The van der Waals surface area contributed by atoms with Crippen LogP contribution in [0.3, 0.4) is 0 Å². The van der Waals surface area contributed by atoms with Crippen LogP contribution in [0.25, 0.3) is 0 Å². The Bertz CT molecular complexity index is 1070. The fourth-order valence-corrected chi connectivity index (χ4v) is 4.14. The van der Waals surface area contributed by atoms with Gasteiger partial charge in [0.05, 0.1) is 25.4 Å². The van der Waals surface area contributed by atoms with Crippen LogP contribution in [-0.2, 0) is 11.2 Å². The van der Waals surface area contributed by atoms with E-state index in [1.807, 2.05) is 38.1 Å². The summed E-state index contributed by atoms with van der Waals surface area (Å²) in [7, 11) is 0. The number of urea groups is 1. The summed E-state index contributed by atoms with van der Waals surface area (Å²) in [4.78, 5) is 11.9. The normalized spacial score (nSPS) is 23.2. The molecule has 1 fully saturated rings. The molecule has 0 aliphatic carbocycles. The zero-order chi connectivity index (χ0) is 29.4. The predicted molar refractivity (Wildman–Crippen MR) is 144 cm³/mol. The number of benzene rings is 1. The van der Waals surface area contributed by atoms with Gasteiger partial charge in [-0.25, -0.2) is 4.79 Å². The van der Waals surface area contributed by atoms with Crippen LogP contribution in [0.5, 0.6) is 11.6 Å². The second-order valence-electron chi connectivity index (χ2n) is 10.8. The molecule has 13 heteroatoms. The predicted octanol–water partition coefficient (Wildman–Crippen LogP) is 0.142. The van der Waals surface area contributed by atoms with Gasteiger partial charge < -0.3 is 50.4 Å². The highest BCUT2D eigenvalue weighted by Gasteiger charge is 2.45. The van der Waals surface area contributed by atoms with Crippen molar-refractivity contribution in [3.05, 3.63) is 41.1 Å². The number of carbonyl (C=O) groups excluding carboxylic acids is 1. The van der Waals surface area contributed by atoms with E-state index in [0.717, 1.165) is 16.8 Å². The Labute approximate surface area is 233 Å². The lowest BCUT2D eigenvalue weighted by Crippen LogP contribution is -2.60. The van der Waals surface area contributed by atoms with E-state index in [-0.39, 0.29) is 24.4 Å². The molecule has 2 heterocycles. The Balaban J connectivity index is 1.57. The number of carbonyl (C=O) groups is 1. The summed E-state index contributed by atoms with van der Waals surface area (Å²) < 4.78 is 17.1. The third-order valence-electron chi connectivity index (χ3n) is 6.54. The molecule has 0 saturated carbocycles. The highest BCUT2D eigenvalue weighted by Crippen LogP contribution is 2.31. The maximum atomic E-state index is 11.9. The van der Waals surface area contributed by atoms with E-state index in [2.05, 4.69) is 20.8 Å². The summed E-state index contributed by atoms with van der Waals surface area (Å²) >= 11 is 0. The summed E-state index contributed by atoms with van der Waals surface area (Å²) in [6.07, 6.45) is -5.96. The van der Waals surface area contributed by atoms with Crippen molar-refractivity contribution in [1.29, 1.82) is 0 Å². The fraction of sp³-hybridized carbons (Fsp3) is 0.630. The van der Waals surface area contributed by atoms with Gasteiger partial charge in [-0.2, -0.15) is 0 Å². The van der Waals surface area contributed by atoms with Crippen molar-refractivity contribution >= 4 is 6.03 Å². The minimum absolute atomic E-state index is 0.0858. The molecular formula is C27H42N4O9. The maximum absolute atomic E-state index is 11.9. The van der Waals surface area contributed by atoms with Crippen molar-refractivity contribution in [3.8, 4) is 11.6 Å². The van der Waals surface area contributed by atoms with Crippen molar-refractivity contribution < 1.29 is 44.5 Å². The van der Waals surface area contributed by atoms with Gasteiger partial charge in [-0.05, 0) is 43.9 Å². The minimum Gasteiger partial charge on any atom is -0.494 e. The van der Waals surface area contributed by atoms with Gasteiger partial charge >= 0.3 is 6.03 Å². The first-order chi connectivity index (χ1) is 19.0. The van der Waals surface area contributed by atoms with Crippen molar-refractivity contribution in [2.24, 2.45) is 0 Å². The fourth-order valence-electron chi connectivity index (χ4n) is 4.14. The van der Waals surface area contributed by atoms with Gasteiger partial charge in [0.1, 0.15) is 30.2 Å². The Hall–Kier alpha value is -2.94. The first-order valence-corrected chi connectivity index (χ1v) is 13.4. The molecule has 2 amide bonds. The molecule has 0 unspecified atom stereocenters. The molecular weight excluding hydrogens is 524 g/mol. The largest absolute Gasteiger partial charge is 0.494 e. The van der Waals surface area contributed by atoms with Gasteiger partial charge in [-0.1, -0.05) is 26.0 Å². The number of amides is 2. The quantitative estimate of drug-likeness (QED) is 0.154. The molecule has 0 bridgehead atoms. The monoisotopic (exact) mass is 566 g/mol. The molecule has 1 saturated heterocycles. The van der Waals surface area contributed by atoms with Crippen LogP contribution in [0.1, 0.15) is 56.9 Å². The first kappa shape index (κ1) is 31.6. The number of aromatic nitrogens is 2. The zero-order valence-corrected chi connectivity index (χ0v) is 23.3. The second kappa shape index (κ2) is 14.1. The standard InChI is InChI=1S/C27H42N4O9/c1-15(2)20-18(24(31-30-20)40-25-23(36)22(35)21(34)19(13-32)39-25)12-16-6-8-17(9-7-16)38-11-5-10-28-26(37)29-27(3,4)14-33/h6-9,15,19,21-23,25,32-36H,5,10-14H2,1-4H3,(H,30,31)(H2,28,29,37)/t19-,21-,22+,23-,25+/m1/s1. The number of ether oxygens (including phenoxy) is 3. The molecule has 1 aromatic carbocycles. The Kier molecular flexibility index (Phi) is 11.1. The summed E-state index contributed by atoms with van der Waals surface area (Å²) in [6.45, 7) is 7.55. The number of nitrogens with zero attached hydrogens (tertiary/aromatic N) is 1. The lowest BCUT2D eigenvalue weighted by atomic mass is 9.98. The van der Waals surface area contributed by atoms with Crippen molar-refractivity contribution in [2.45, 2.75) is 82.7 Å². The average Bonchev–Trinajstić information content (AvgIpc) is 3.31. The molecule has 0 radical (unpaired) electrons. The lowest BCUT2D eigenvalue weighted by Gasteiger charge is -2.39. The van der Waals surface area contributed by atoms with E-state index in [0.29, 0.717) is 31.7 Å². The van der Waals surface area contributed by atoms with E-state index in [1.54, 1.807) is 13.8 Å². The number of aliphatic hydroxyl groups is 5. The summed E-state index contributed by atoms with van der Waals surface area (Å²) in [5, 5.41) is 61.8. The van der Waals surface area contributed by atoms with Crippen LogP contribution >= 0.6 is 0 Å². The van der Waals surface area contributed by atoms with Crippen LogP contribution in [-0.4, -0.2) is 104 Å². The van der Waals surface area contributed by atoms with Gasteiger partial charge in [0.25, 0.3) is 0 Å². The van der Waals surface area contributed by atoms with Gasteiger partial charge in [0, 0.05) is 24.2 Å². The van der Waals surface area contributed by atoms with E-state index < -0.39 is 42.9 Å². The molecule has 13 nitrogen and oxygen atoms in total. The van der Waals surface area contributed by atoms with E-state index in [9.17, 15) is 30.3 Å². The number of hydrogen-bond acceptors (Lipinski definition) is 10. The van der Waals surface area contributed by atoms with Crippen LogP contribution in [0, 0.1) is 0 Å². The smallest absolute Gasteiger partial charge is 0.315 e. The molecule has 224 valence electrons. The van der Waals surface area contributed by atoms with Crippen molar-refractivity contribution in [3.63, 3.8) is 0 Å². The lowest BCUT2D eigenvalue weighted by molar-refractivity contribution is -0.278. The van der Waals surface area contributed by atoms with E-state index in [1.165, 1.54) is 0 Å². The Morgan fingerprint density at radius 3 is 2.45 bits per heavy atom. The molecule has 3 rings (SSSR count). The van der Waals surface area contributed by atoms with Crippen LogP contribution in [0.15, 0.2) is 24.3 Å². The number of H-pyrrole nitrogens is 1. The molecule has 1 aromatic heterocycles. The van der Waals surface area contributed by atoms with Crippen molar-refractivity contribution in [1.82, 2.24) is 20.8 Å². The van der Waals surface area contributed by atoms with Gasteiger partial charge in [0.15, 0.2) is 0 Å². The van der Waals surface area contributed by atoms with Gasteiger partial charge in [-0.3, -0.25) is 5.10 Å². The Morgan fingerprint density at radius 2 is 1.82 bits per heavy atom. The van der Waals surface area contributed by atoms with E-state index >= 15 is 0 Å². The van der Waals surface area contributed by atoms with Crippen LogP contribution in [0.2, 0.25) is 0 Å². The second-order valence-corrected chi connectivity index (χ2v) is 10.8. The third kappa shape index (κ3) is 8.29. The minimum atomic E-state index is -1.55. The topological polar surface area (TPSA) is 199 Å². The number of hydrogen-bond donors (Lipinski definition) is 8. The number of aromatic amines is 1. The summed E-state index contributed by atoms with van der Waals surface area (Å²) in [6, 6.07) is 7.15. The highest BCUT2D eigenvalue weighted by atomic mass is 16.7. The number of aliphatic hydroxyl groups excluding tert-OH is 5. The summed E-state index contributed by atoms with van der Waals surface area (Å²) in [5.41, 5.74) is 1.83. The van der Waals surface area contributed by atoms with Gasteiger partial charge in [0.2, 0.25) is 12.2 Å². The highest BCUT2D eigenvalue weighted by molar-refractivity contribution is 5.74. The molecule has 1 aliphatic rings. The van der Waals surface area contributed by atoms with Crippen molar-refractivity contribution in [2.75, 3.05) is 26.4 Å². The number of nitrogens with one attached hydrogen (secondary N) is 3. The summed E-state index contributed by atoms with van der Waals surface area (Å²) in [5.74, 6) is 0.943. The average molecular weight is 567 g/mol. The zero-order valence-electron chi connectivity index (χ0n) is 23.3. The van der Waals surface area contributed by atoms with E-state index in [4.69, 9.17) is 14.2 Å². The molecule has 40 heavy (non-hydrogen) atoms. The van der Waals surface area contributed by atoms with Crippen LogP contribution in [0.4, 0.5) is 4.79 Å². The van der Waals surface area contributed by atoms with Crippen LogP contribution < -0.4 is 20.1 Å². The number of rotatable bonds is 13. The molecule has 2 aromatic rings. The molecule has 8 N–H and O–H groups in total. The molecule has 5 atom stereocenters. The Morgan fingerprint density at radius 1 is 1.12 bits per heavy atom. The molecule has 1 aliphatic heterocycles. The maximum Gasteiger partial charge on any atom is 0.315 e. The third-order valence-corrected chi connectivity index (χ3v) is 6.54.